The minimum Gasteiger partial charge on any atom is -0.309 e. The number of benzene rings is 4. The third kappa shape index (κ3) is 3.05. The van der Waals surface area contributed by atoms with Gasteiger partial charge in [0.1, 0.15) is 5.82 Å². The van der Waals surface area contributed by atoms with Crippen molar-refractivity contribution in [3.63, 3.8) is 0 Å². The van der Waals surface area contributed by atoms with E-state index >= 15 is 0 Å². The highest BCUT2D eigenvalue weighted by Gasteiger charge is 2.14. The number of aryl methyl sites for hydroxylation is 1. The van der Waals surface area contributed by atoms with Crippen LogP contribution in [0.25, 0.3) is 50.3 Å². The summed E-state index contributed by atoms with van der Waals surface area (Å²) in [5.41, 5.74) is 5.46. The lowest BCUT2D eigenvalue weighted by atomic mass is 10.1. The van der Waals surface area contributed by atoms with Crippen molar-refractivity contribution in [1.82, 2.24) is 19.5 Å². The monoisotopic (exact) mass is 412 g/mol. The van der Waals surface area contributed by atoms with Gasteiger partial charge in [-0.1, -0.05) is 66.7 Å². The van der Waals surface area contributed by atoms with Gasteiger partial charge >= 0.3 is 0 Å². The largest absolute Gasteiger partial charge is 0.309 e. The lowest BCUT2D eigenvalue weighted by molar-refractivity contribution is 0.992. The van der Waals surface area contributed by atoms with E-state index in [4.69, 9.17) is 4.98 Å². The Morgan fingerprint density at radius 2 is 1.16 bits per heavy atom. The fraction of sp³-hybridized carbons (Fsp3) is 0.0357. The second kappa shape index (κ2) is 7.43. The van der Waals surface area contributed by atoms with Crippen LogP contribution in [0, 0.1) is 6.92 Å². The second-order valence-corrected chi connectivity index (χ2v) is 7.82. The summed E-state index contributed by atoms with van der Waals surface area (Å²) in [7, 11) is 0. The van der Waals surface area contributed by atoms with Gasteiger partial charge < -0.3 is 4.57 Å². The average molecular weight is 412 g/mol. The Hall–Kier alpha value is -4.31. The molecule has 32 heavy (non-hydrogen) atoms. The molecular formula is C28H20N4. The van der Waals surface area contributed by atoms with Crippen molar-refractivity contribution in [2.75, 3.05) is 0 Å². The fourth-order valence-corrected chi connectivity index (χ4v) is 4.29. The Balaban J connectivity index is 1.58. The highest BCUT2D eigenvalue weighted by Crippen LogP contribution is 2.34. The maximum Gasteiger partial charge on any atom is 0.163 e. The van der Waals surface area contributed by atoms with Crippen molar-refractivity contribution in [1.29, 1.82) is 0 Å². The predicted molar refractivity (Wildman–Crippen MR) is 130 cm³/mol. The quantitative estimate of drug-likeness (QED) is 0.328. The van der Waals surface area contributed by atoms with Crippen molar-refractivity contribution in [2.24, 2.45) is 0 Å². The molecule has 0 radical (unpaired) electrons. The van der Waals surface area contributed by atoms with E-state index in [0.717, 1.165) is 22.3 Å². The van der Waals surface area contributed by atoms with Crippen molar-refractivity contribution in [3.8, 4) is 28.5 Å². The normalized spacial score (nSPS) is 11.3. The van der Waals surface area contributed by atoms with Crippen LogP contribution in [0.2, 0.25) is 0 Å². The molecule has 0 saturated carbocycles. The molecule has 0 bridgehead atoms. The summed E-state index contributed by atoms with van der Waals surface area (Å²) in [6.45, 7) is 1.91. The molecule has 152 valence electrons. The van der Waals surface area contributed by atoms with Crippen LogP contribution in [-0.2, 0) is 0 Å². The van der Waals surface area contributed by atoms with Crippen LogP contribution >= 0.6 is 0 Å². The smallest absolute Gasteiger partial charge is 0.163 e. The highest BCUT2D eigenvalue weighted by atomic mass is 15.0. The molecule has 0 aliphatic heterocycles. The van der Waals surface area contributed by atoms with E-state index in [0.29, 0.717) is 17.5 Å². The molecule has 0 spiro atoms. The van der Waals surface area contributed by atoms with Crippen LogP contribution < -0.4 is 0 Å². The van der Waals surface area contributed by atoms with Gasteiger partial charge in [0.25, 0.3) is 0 Å². The van der Waals surface area contributed by atoms with Gasteiger partial charge in [-0.05, 0) is 43.3 Å². The SMILES string of the molecule is Cc1nc(-c2ccccc2)nc(-c2ccc3c(c2)c2ccccc2n3-c2ccccc2)n1. The van der Waals surface area contributed by atoms with Crippen LogP contribution in [0.1, 0.15) is 5.82 Å². The van der Waals surface area contributed by atoms with Crippen LogP contribution in [0.15, 0.2) is 103 Å². The number of rotatable bonds is 3. The number of fused-ring (bicyclic) bond motifs is 3. The third-order valence-corrected chi connectivity index (χ3v) is 5.72. The zero-order valence-corrected chi connectivity index (χ0v) is 17.6. The Kier molecular flexibility index (Phi) is 4.29. The molecule has 6 rings (SSSR count). The topological polar surface area (TPSA) is 43.6 Å². The molecular weight excluding hydrogens is 392 g/mol. The first-order chi connectivity index (χ1) is 15.8. The highest BCUT2D eigenvalue weighted by molar-refractivity contribution is 6.10. The molecule has 0 atom stereocenters. The molecule has 2 aromatic heterocycles. The zero-order valence-electron chi connectivity index (χ0n) is 17.6. The molecule has 0 N–H and O–H groups in total. The van der Waals surface area contributed by atoms with E-state index in [1.165, 1.54) is 16.3 Å². The Morgan fingerprint density at radius 1 is 0.531 bits per heavy atom. The molecule has 4 aromatic carbocycles. The average Bonchev–Trinajstić information content (AvgIpc) is 3.18. The van der Waals surface area contributed by atoms with Gasteiger partial charge in [0.05, 0.1) is 11.0 Å². The summed E-state index contributed by atoms with van der Waals surface area (Å²) in [5.74, 6) is 2.09. The van der Waals surface area contributed by atoms with Gasteiger partial charge in [-0.3, -0.25) is 0 Å². The van der Waals surface area contributed by atoms with Gasteiger partial charge in [0.15, 0.2) is 11.6 Å². The Labute approximate surface area is 185 Å². The van der Waals surface area contributed by atoms with Gasteiger partial charge in [0, 0.05) is 27.6 Å². The zero-order chi connectivity index (χ0) is 21.5. The molecule has 6 aromatic rings. The van der Waals surface area contributed by atoms with Crippen molar-refractivity contribution in [2.45, 2.75) is 6.92 Å². The number of aromatic nitrogens is 4. The fourth-order valence-electron chi connectivity index (χ4n) is 4.29. The van der Waals surface area contributed by atoms with Crippen LogP contribution in [-0.4, -0.2) is 19.5 Å². The number of hydrogen-bond acceptors (Lipinski definition) is 3. The van der Waals surface area contributed by atoms with E-state index in [1.54, 1.807) is 0 Å². The molecule has 0 aliphatic carbocycles. The van der Waals surface area contributed by atoms with Crippen molar-refractivity contribution >= 4 is 21.8 Å². The molecule has 4 nitrogen and oxygen atoms in total. The summed E-state index contributed by atoms with van der Waals surface area (Å²) in [5, 5.41) is 2.39. The standard InChI is InChI=1S/C28H20N4/c1-19-29-27(20-10-4-2-5-11-20)31-28(30-19)21-16-17-26-24(18-21)23-14-8-9-15-25(23)32(26)22-12-6-3-7-13-22/h2-18H,1H3. The Bertz CT molecular complexity index is 1570. The van der Waals surface area contributed by atoms with Crippen molar-refractivity contribution < 1.29 is 0 Å². The molecule has 2 heterocycles. The van der Waals surface area contributed by atoms with Gasteiger partial charge in [0.2, 0.25) is 0 Å². The van der Waals surface area contributed by atoms with Crippen molar-refractivity contribution in [3.05, 3.63) is 109 Å². The minimum absolute atomic E-state index is 0.690. The van der Waals surface area contributed by atoms with E-state index in [-0.39, 0.29) is 0 Å². The third-order valence-electron chi connectivity index (χ3n) is 5.72. The predicted octanol–water partition coefficient (Wildman–Crippen LogP) is 6.61. The summed E-state index contributed by atoms with van der Waals surface area (Å²) in [6.07, 6.45) is 0. The maximum atomic E-state index is 4.80. The van der Waals surface area contributed by atoms with Gasteiger partial charge in [-0.2, -0.15) is 0 Å². The van der Waals surface area contributed by atoms with Gasteiger partial charge in [-0.15, -0.1) is 0 Å². The molecule has 4 heteroatoms. The first-order valence-electron chi connectivity index (χ1n) is 10.6. The molecule has 0 aliphatic rings. The summed E-state index contributed by atoms with van der Waals surface area (Å²) >= 11 is 0. The van der Waals surface area contributed by atoms with E-state index in [2.05, 4.69) is 81.3 Å². The lowest BCUT2D eigenvalue weighted by Gasteiger charge is -2.08. The molecule has 0 fully saturated rings. The van der Waals surface area contributed by atoms with Gasteiger partial charge in [-0.25, -0.2) is 15.0 Å². The van der Waals surface area contributed by atoms with Crippen LogP contribution in [0.5, 0.6) is 0 Å². The number of hydrogen-bond donors (Lipinski definition) is 0. The first kappa shape index (κ1) is 18.5. The Morgan fingerprint density at radius 3 is 1.94 bits per heavy atom. The van der Waals surface area contributed by atoms with E-state index < -0.39 is 0 Å². The maximum absolute atomic E-state index is 4.80. The summed E-state index contributed by atoms with van der Waals surface area (Å²) in [4.78, 5) is 14.0. The molecule has 0 unspecified atom stereocenters. The second-order valence-electron chi connectivity index (χ2n) is 7.82. The first-order valence-corrected chi connectivity index (χ1v) is 10.6. The van der Waals surface area contributed by atoms with Crippen LogP contribution in [0.3, 0.4) is 0 Å². The van der Waals surface area contributed by atoms with E-state index in [9.17, 15) is 0 Å². The van der Waals surface area contributed by atoms with E-state index in [1.807, 2.05) is 43.3 Å². The summed E-state index contributed by atoms with van der Waals surface area (Å²) < 4.78 is 2.31. The lowest BCUT2D eigenvalue weighted by Crippen LogP contribution is -1.99. The number of para-hydroxylation sites is 2. The minimum atomic E-state index is 0.690. The summed E-state index contributed by atoms with van der Waals surface area (Å²) in [6, 6.07) is 35.5. The molecule has 0 amide bonds. The van der Waals surface area contributed by atoms with Crippen LogP contribution in [0.4, 0.5) is 0 Å². The molecule has 0 saturated heterocycles. The number of nitrogens with zero attached hydrogens (tertiary/aromatic N) is 4.